The number of carbonyl (C=O) groups is 1. The number of benzene rings is 1. The van der Waals surface area contributed by atoms with Gasteiger partial charge in [-0.25, -0.2) is 20.2 Å². The largest absolute Gasteiger partial charge is 0.354 e. The number of amides is 1. The third-order valence-corrected chi connectivity index (χ3v) is 4.97. The molecule has 1 aliphatic heterocycles. The number of nitrogens with one attached hydrogen (secondary N) is 3. The maximum atomic E-state index is 13.4. The van der Waals surface area contributed by atoms with Gasteiger partial charge in [-0.15, -0.1) is 11.3 Å². The third-order valence-electron chi connectivity index (χ3n) is 4.15. The summed E-state index contributed by atoms with van der Waals surface area (Å²) in [7, 11) is 0. The molecular weight excluding hydrogens is 327 g/mol. The van der Waals surface area contributed by atoms with Crippen LogP contribution in [0.4, 0.5) is 4.39 Å². The molecule has 3 N–H and O–H groups in total. The van der Waals surface area contributed by atoms with Crippen LogP contribution >= 0.6 is 11.3 Å². The third kappa shape index (κ3) is 3.98. The average Bonchev–Trinajstić information content (AvgIpc) is 3.19. The number of nitrogens with zero attached hydrogens (tertiary/aromatic N) is 1. The van der Waals surface area contributed by atoms with E-state index in [9.17, 15) is 9.18 Å². The van der Waals surface area contributed by atoms with E-state index in [-0.39, 0.29) is 23.8 Å². The van der Waals surface area contributed by atoms with Crippen LogP contribution in [0.1, 0.15) is 34.3 Å². The molecule has 5 nitrogen and oxygen atoms in total. The SMILES string of the molecule is Cc1nc(CCNC(=O)C2CC(c3ccc(F)c(C)c3)NN2)cs1. The van der Waals surface area contributed by atoms with Gasteiger partial charge in [0, 0.05) is 24.4 Å². The molecule has 2 heterocycles. The van der Waals surface area contributed by atoms with Gasteiger partial charge in [-0.3, -0.25) is 4.79 Å². The summed E-state index contributed by atoms with van der Waals surface area (Å²) in [5, 5.41) is 5.99. The van der Waals surface area contributed by atoms with Crippen LogP contribution in [0.15, 0.2) is 23.6 Å². The lowest BCUT2D eigenvalue weighted by Gasteiger charge is -2.11. The van der Waals surface area contributed by atoms with E-state index in [1.165, 1.54) is 6.07 Å². The molecular formula is C17H21FN4OS. The van der Waals surface area contributed by atoms with E-state index in [1.54, 1.807) is 24.3 Å². The summed E-state index contributed by atoms with van der Waals surface area (Å²) < 4.78 is 13.4. The van der Waals surface area contributed by atoms with Crippen molar-refractivity contribution in [1.29, 1.82) is 0 Å². The second-order valence-electron chi connectivity index (χ2n) is 6.04. The van der Waals surface area contributed by atoms with E-state index in [0.717, 1.165) is 22.7 Å². The smallest absolute Gasteiger partial charge is 0.238 e. The van der Waals surface area contributed by atoms with Crippen molar-refractivity contribution >= 4 is 17.2 Å². The number of hydrogen-bond acceptors (Lipinski definition) is 5. The minimum absolute atomic E-state index is 0.00115. The van der Waals surface area contributed by atoms with Gasteiger partial charge in [0.2, 0.25) is 5.91 Å². The lowest BCUT2D eigenvalue weighted by atomic mass is 10.00. The first-order chi connectivity index (χ1) is 11.5. The number of hydrazine groups is 1. The highest BCUT2D eigenvalue weighted by molar-refractivity contribution is 7.09. The molecule has 1 fully saturated rings. The fourth-order valence-corrected chi connectivity index (χ4v) is 3.44. The van der Waals surface area contributed by atoms with Crippen LogP contribution in [0.25, 0.3) is 0 Å². The molecule has 7 heteroatoms. The molecule has 0 bridgehead atoms. The van der Waals surface area contributed by atoms with E-state index >= 15 is 0 Å². The van der Waals surface area contributed by atoms with Crippen molar-refractivity contribution in [3.05, 3.63) is 51.2 Å². The molecule has 2 unspecified atom stereocenters. The van der Waals surface area contributed by atoms with Gasteiger partial charge in [0.25, 0.3) is 0 Å². The highest BCUT2D eigenvalue weighted by Crippen LogP contribution is 2.24. The van der Waals surface area contributed by atoms with Gasteiger partial charge < -0.3 is 5.32 Å². The Bertz CT molecular complexity index is 733. The molecule has 1 saturated heterocycles. The van der Waals surface area contributed by atoms with Gasteiger partial charge in [0.05, 0.1) is 10.7 Å². The second-order valence-corrected chi connectivity index (χ2v) is 7.10. The number of aryl methyl sites for hydroxylation is 2. The summed E-state index contributed by atoms with van der Waals surface area (Å²) in [5.74, 6) is -0.243. The number of aromatic nitrogens is 1. The predicted octanol–water partition coefficient (Wildman–Crippen LogP) is 2.17. The van der Waals surface area contributed by atoms with E-state index in [0.29, 0.717) is 18.5 Å². The maximum absolute atomic E-state index is 13.4. The summed E-state index contributed by atoms with van der Waals surface area (Å²) in [4.78, 5) is 16.6. The molecule has 0 saturated carbocycles. The minimum Gasteiger partial charge on any atom is -0.354 e. The van der Waals surface area contributed by atoms with Gasteiger partial charge in [-0.05, 0) is 37.5 Å². The molecule has 1 aromatic heterocycles. The molecule has 1 aromatic carbocycles. The van der Waals surface area contributed by atoms with Crippen molar-refractivity contribution in [3.8, 4) is 0 Å². The molecule has 2 aromatic rings. The van der Waals surface area contributed by atoms with Crippen LogP contribution in [0.2, 0.25) is 0 Å². The molecule has 0 radical (unpaired) electrons. The molecule has 2 atom stereocenters. The molecule has 0 aliphatic carbocycles. The van der Waals surface area contributed by atoms with Crippen molar-refractivity contribution in [2.75, 3.05) is 6.54 Å². The van der Waals surface area contributed by atoms with Gasteiger partial charge in [0.1, 0.15) is 11.9 Å². The van der Waals surface area contributed by atoms with E-state index in [1.807, 2.05) is 18.4 Å². The van der Waals surface area contributed by atoms with Crippen LogP contribution in [0.5, 0.6) is 0 Å². The van der Waals surface area contributed by atoms with Crippen LogP contribution in [-0.4, -0.2) is 23.5 Å². The monoisotopic (exact) mass is 348 g/mol. The standard InChI is InChI=1S/C17H21FN4OS/c1-10-7-12(3-4-14(10)18)15-8-16(22-21-15)17(23)19-6-5-13-9-24-11(2)20-13/h3-4,7,9,15-16,21-22H,5-6,8H2,1-2H3,(H,19,23). The highest BCUT2D eigenvalue weighted by Gasteiger charge is 2.30. The molecule has 1 aliphatic rings. The molecule has 128 valence electrons. The Morgan fingerprint density at radius 1 is 1.42 bits per heavy atom. The van der Waals surface area contributed by atoms with Crippen LogP contribution in [-0.2, 0) is 11.2 Å². The predicted molar refractivity (Wildman–Crippen MR) is 92.1 cm³/mol. The number of thiazole rings is 1. The highest BCUT2D eigenvalue weighted by atomic mass is 32.1. The first kappa shape index (κ1) is 17.0. The zero-order valence-corrected chi connectivity index (χ0v) is 14.5. The van der Waals surface area contributed by atoms with E-state index in [4.69, 9.17) is 0 Å². The van der Waals surface area contributed by atoms with Crippen molar-refractivity contribution < 1.29 is 9.18 Å². The quantitative estimate of drug-likeness (QED) is 0.775. The number of rotatable bonds is 5. The lowest BCUT2D eigenvalue weighted by Crippen LogP contribution is -2.43. The van der Waals surface area contributed by atoms with Gasteiger partial charge in [-0.1, -0.05) is 12.1 Å². The molecule has 1 amide bonds. The first-order valence-corrected chi connectivity index (χ1v) is 8.86. The van der Waals surface area contributed by atoms with Crippen molar-refractivity contribution in [2.45, 2.75) is 38.8 Å². The van der Waals surface area contributed by atoms with Crippen molar-refractivity contribution in [1.82, 2.24) is 21.2 Å². The van der Waals surface area contributed by atoms with Crippen molar-refractivity contribution in [3.63, 3.8) is 0 Å². The number of halogens is 1. The van der Waals surface area contributed by atoms with Crippen LogP contribution in [0, 0.1) is 19.7 Å². The van der Waals surface area contributed by atoms with Gasteiger partial charge in [0.15, 0.2) is 0 Å². The zero-order valence-electron chi connectivity index (χ0n) is 13.7. The molecule has 0 spiro atoms. The summed E-state index contributed by atoms with van der Waals surface area (Å²) in [6.07, 6.45) is 1.36. The second kappa shape index (κ2) is 7.38. The Morgan fingerprint density at radius 2 is 2.25 bits per heavy atom. The Labute approximate surface area is 144 Å². The minimum atomic E-state index is -0.294. The number of carbonyl (C=O) groups excluding carboxylic acids is 1. The van der Waals surface area contributed by atoms with Gasteiger partial charge in [-0.2, -0.15) is 0 Å². The molecule has 3 rings (SSSR count). The first-order valence-electron chi connectivity index (χ1n) is 7.99. The Hall–Kier alpha value is -1.83. The number of hydrogen-bond donors (Lipinski definition) is 3. The van der Waals surface area contributed by atoms with E-state index in [2.05, 4.69) is 21.2 Å². The summed E-state index contributed by atoms with van der Waals surface area (Å²) in [5.41, 5.74) is 8.74. The van der Waals surface area contributed by atoms with Crippen molar-refractivity contribution in [2.24, 2.45) is 0 Å². The van der Waals surface area contributed by atoms with Crippen LogP contribution in [0.3, 0.4) is 0 Å². The normalized spacial score (nSPS) is 20.3. The summed E-state index contributed by atoms with van der Waals surface area (Å²) in [6, 6.07) is 4.75. The fourth-order valence-electron chi connectivity index (χ4n) is 2.79. The summed E-state index contributed by atoms with van der Waals surface area (Å²) in [6.45, 7) is 4.28. The van der Waals surface area contributed by atoms with E-state index < -0.39 is 0 Å². The van der Waals surface area contributed by atoms with Crippen LogP contribution < -0.4 is 16.2 Å². The fraction of sp³-hybridized carbons (Fsp3) is 0.412. The Balaban J connectivity index is 1.49. The Morgan fingerprint density at radius 3 is 2.96 bits per heavy atom. The van der Waals surface area contributed by atoms with Gasteiger partial charge >= 0.3 is 0 Å². The molecule has 24 heavy (non-hydrogen) atoms. The topological polar surface area (TPSA) is 66.0 Å². The zero-order chi connectivity index (χ0) is 17.1. The maximum Gasteiger partial charge on any atom is 0.238 e. The Kier molecular flexibility index (Phi) is 5.23. The average molecular weight is 348 g/mol. The summed E-state index contributed by atoms with van der Waals surface area (Å²) >= 11 is 1.62. The lowest BCUT2D eigenvalue weighted by molar-refractivity contribution is -0.122.